The van der Waals surface area contributed by atoms with Crippen molar-refractivity contribution in [2.24, 2.45) is 4.99 Å². The highest BCUT2D eigenvalue weighted by atomic mass is 16.5. The summed E-state index contributed by atoms with van der Waals surface area (Å²) in [6.07, 6.45) is 3.96. The number of methoxy groups -OCH3 is 1. The predicted molar refractivity (Wildman–Crippen MR) is 64.0 cm³/mol. The molecule has 0 radical (unpaired) electrons. The van der Waals surface area contributed by atoms with E-state index in [9.17, 15) is 9.59 Å². The molecule has 6 heteroatoms. The second-order valence-electron chi connectivity index (χ2n) is 3.11. The molecular formula is C11H16N2O4. The first-order valence-corrected chi connectivity index (χ1v) is 4.90. The number of hydrogen-bond acceptors (Lipinski definition) is 4. The van der Waals surface area contributed by atoms with E-state index in [4.69, 9.17) is 5.11 Å². The SMILES string of the molecule is C=C(/C=C\N=C/C)C[C@H](NC(=O)OC)C(=O)O. The molecular weight excluding hydrogens is 224 g/mol. The zero-order valence-electron chi connectivity index (χ0n) is 9.84. The van der Waals surface area contributed by atoms with Gasteiger partial charge in [0.2, 0.25) is 0 Å². The van der Waals surface area contributed by atoms with Gasteiger partial charge in [-0.3, -0.25) is 4.99 Å². The van der Waals surface area contributed by atoms with Gasteiger partial charge >= 0.3 is 12.1 Å². The summed E-state index contributed by atoms with van der Waals surface area (Å²) < 4.78 is 4.33. The van der Waals surface area contributed by atoms with Crippen molar-refractivity contribution in [3.63, 3.8) is 0 Å². The molecule has 1 atom stereocenters. The van der Waals surface area contributed by atoms with Gasteiger partial charge in [0.25, 0.3) is 0 Å². The summed E-state index contributed by atoms with van der Waals surface area (Å²) >= 11 is 0. The van der Waals surface area contributed by atoms with E-state index in [0.29, 0.717) is 5.57 Å². The number of rotatable bonds is 6. The molecule has 0 unspecified atom stereocenters. The number of carbonyl (C=O) groups excluding carboxylic acids is 1. The average Bonchev–Trinajstić information content (AvgIpc) is 2.28. The number of nitrogens with one attached hydrogen (secondary N) is 1. The van der Waals surface area contributed by atoms with Crippen molar-refractivity contribution in [2.75, 3.05) is 7.11 Å². The maximum Gasteiger partial charge on any atom is 0.407 e. The van der Waals surface area contributed by atoms with Gasteiger partial charge in [-0.05, 0) is 13.0 Å². The van der Waals surface area contributed by atoms with Crippen LogP contribution in [0, 0.1) is 0 Å². The number of ether oxygens (including phenoxy) is 1. The van der Waals surface area contributed by atoms with Gasteiger partial charge in [-0.1, -0.05) is 12.2 Å². The summed E-state index contributed by atoms with van der Waals surface area (Å²) in [6.45, 7) is 5.42. The van der Waals surface area contributed by atoms with E-state index < -0.39 is 18.1 Å². The molecule has 2 N–H and O–H groups in total. The fourth-order valence-electron chi connectivity index (χ4n) is 0.966. The van der Waals surface area contributed by atoms with Gasteiger partial charge in [-0.15, -0.1) is 0 Å². The summed E-state index contributed by atoms with van der Waals surface area (Å²) in [5, 5.41) is 11.1. The molecule has 0 aliphatic rings. The Bertz CT molecular complexity index is 347. The maximum atomic E-state index is 10.9. The molecule has 0 heterocycles. The van der Waals surface area contributed by atoms with Crippen molar-refractivity contribution in [3.05, 3.63) is 24.4 Å². The van der Waals surface area contributed by atoms with Crippen molar-refractivity contribution < 1.29 is 19.4 Å². The lowest BCUT2D eigenvalue weighted by Gasteiger charge is -2.13. The number of hydrogen-bond donors (Lipinski definition) is 2. The molecule has 0 aliphatic carbocycles. The Hall–Kier alpha value is -2.11. The Morgan fingerprint density at radius 1 is 1.59 bits per heavy atom. The van der Waals surface area contributed by atoms with E-state index in [1.54, 1.807) is 19.2 Å². The highest BCUT2D eigenvalue weighted by Crippen LogP contribution is 2.05. The van der Waals surface area contributed by atoms with Crippen LogP contribution in [-0.2, 0) is 9.53 Å². The van der Waals surface area contributed by atoms with Crippen LogP contribution in [0.3, 0.4) is 0 Å². The molecule has 0 aromatic carbocycles. The van der Waals surface area contributed by atoms with Gasteiger partial charge in [0.05, 0.1) is 7.11 Å². The van der Waals surface area contributed by atoms with E-state index in [-0.39, 0.29) is 6.42 Å². The van der Waals surface area contributed by atoms with Crippen molar-refractivity contribution in [2.45, 2.75) is 19.4 Å². The number of aliphatic carboxylic acids is 1. The van der Waals surface area contributed by atoms with Crippen LogP contribution < -0.4 is 5.32 Å². The minimum absolute atomic E-state index is 0.0835. The van der Waals surface area contributed by atoms with Crippen molar-refractivity contribution >= 4 is 18.3 Å². The van der Waals surface area contributed by atoms with Crippen LogP contribution in [0.2, 0.25) is 0 Å². The summed E-state index contributed by atoms with van der Waals surface area (Å²) in [5.41, 5.74) is 0.541. The average molecular weight is 240 g/mol. The standard InChI is InChI=1S/C11H16N2O4/c1-4-12-6-5-8(2)7-9(10(14)15)13-11(16)17-3/h4-6,9H,2,7H2,1,3H3,(H,13,16)(H,14,15)/b6-5-,12-4-/t9-/m0/s1. The number of aliphatic imine (C=N–C) groups is 1. The lowest BCUT2D eigenvalue weighted by Crippen LogP contribution is -2.40. The lowest BCUT2D eigenvalue weighted by atomic mass is 10.1. The molecule has 0 bridgehead atoms. The minimum Gasteiger partial charge on any atom is -0.480 e. The first-order chi connectivity index (χ1) is 8.01. The third-order valence-corrected chi connectivity index (χ3v) is 1.79. The van der Waals surface area contributed by atoms with Gasteiger partial charge in [0, 0.05) is 18.8 Å². The van der Waals surface area contributed by atoms with Crippen LogP contribution in [0.4, 0.5) is 4.79 Å². The Morgan fingerprint density at radius 3 is 2.71 bits per heavy atom. The van der Waals surface area contributed by atoms with Crippen LogP contribution in [0.5, 0.6) is 0 Å². The molecule has 0 saturated heterocycles. The molecule has 1 amide bonds. The number of carboxylic acid groups (broad SMARTS) is 1. The summed E-state index contributed by atoms with van der Waals surface area (Å²) in [5.74, 6) is -1.15. The highest BCUT2D eigenvalue weighted by Gasteiger charge is 2.20. The van der Waals surface area contributed by atoms with Gasteiger partial charge in [-0.25, -0.2) is 9.59 Å². The topological polar surface area (TPSA) is 88.0 Å². The van der Waals surface area contributed by atoms with Crippen LogP contribution in [0.25, 0.3) is 0 Å². The zero-order chi connectivity index (χ0) is 13.3. The van der Waals surface area contributed by atoms with E-state index in [0.717, 1.165) is 0 Å². The number of alkyl carbamates (subject to hydrolysis) is 1. The molecule has 94 valence electrons. The second kappa shape index (κ2) is 8.09. The molecule has 0 rings (SSSR count). The fraction of sp³-hybridized carbons (Fsp3) is 0.364. The first-order valence-electron chi connectivity index (χ1n) is 4.90. The molecule has 0 aliphatic heterocycles. The lowest BCUT2D eigenvalue weighted by molar-refractivity contribution is -0.139. The van der Waals surface area contributed by atoms with E-state index in [1.165, 1.54) is 13.3 Å². The summed E-state index contributed by atoms with van der Waals surface area (Å²) in [7, 11) is 1.17. The second-order valence-corrected chi connectivity index (χ2v) is 3.11. The molecule has 0 fully saturated rings. The number of carbonyl (C=O) groups is 2. The smallest absolute Gasteiger partial charge is 0.407 e. The number of carboxylic acids is 1. The first kappa shape index (κ1) is 14.9. The summed E-state index contributed by atoms with van der Waals surface area (Å²) in [4.78, 5) is 25.6. The van der Waals surface area contributed by atoms with Gasteiger partial charge in [-0.2, -0.15) is 0 Å². The third-order valence-electron chi connectivity index (χ3n) is 1.79. The molecule has 0 spiro atoms. The van der Waals surface area contributed by atoms with E-state index in [2.05, 4.69) is 21.6 Å². The van der Waals surface area contributed by atoms with Crippen LogP contribution >= 0.6 is 0 Å². The predicted octanol–water partition coefficient (Wildman–Crippen LogP) is 1.35. The Balaban J connectivity index is 4.40. The Labute approximate surface area is 99.7 Å². The Kier molecular flexibility index (Phi) is 7.09. The van der Waals surface area contributed by atoms with Crippen LogP contribution in [0.1, 0.15) is 13.3 Å². The Morgan fingerprint density at radius 2 is 2.24 bits per heavy atom. The van der Waals surface area contributed by atoms with Crippen LogP contribution in [-0.4, -0.2) is 36.5 Å². The van der Waals surface area contributed by atoms with Crippen molar-refractivity contribution in [3.8, 4) is 0 Å². The number of allylic oxidation sites excluding steroid dienone is 1. The van der Waals surface area contributed by atoms with Crippen LogP contribution in [0.15, 0.2) is 29.4 Å². The largest absolute Gasteiger partial charge is 0.480 e. The van der Waals surface area contributed by atoms with E-state index in [1.807, 2.05) is 0 Å². The monoisotopic (exact) mass is 240 g/mol. The number of amides is 1. The van der Waals surface area contributed by atoms with Gasteiger partial charge in [0.15, 0.2) is 0 Å². The summed E-state index contributed by atoms with van der Waals surface area (Å²) in [6, 6.07) is -1.06. The normalized spacial score (nSPS) is 12.6. The zero-order valence-corrected chi connectivity index (χ0v) is 9.84. The highest BCUT2D eigenvalue weighted by molar-refractivity contribution is 5.80. The minimum atomic E-state index is -1.15. The van der Waals surface area contributed by atoms with Crippen molar-refractivity contribution in [1.29, 1.82) is 0 Å². The van der Waals surface area contributed by atoms with Gasteiger partial charge < -0.3 is 15.2 Å². The molecule has 0 aromatic heterocycles. The quantitative estimate of drug-likeness (QED) is 0.541. The molecule has 6 nitrogen and oxygen atoms in total. The maximum absolute atomic E-state index is 10.9. The molecule has 0 aromatic rings. The third kappa shape index (κ3) is 6.88. The number of nitrogens with zero attached hydrogens (tertiary/aromatic N) is 1. The van der Waals surface area contributed by atoms with Gasteiger partial charge in [0.1, 0.15) is 6.04 Å². The fourth-order valence-corrected chi connectivity index (χ4v) is 0.966. The molecule has 17 heavy (non-hydrogen) atoms. The van der Waals surface area contributed by atoms with Crippen molar-refractivity contribution in [1.82, 2.24) is 5.32 Å². The van der Waals surface area contributed by atoms with E-state index >= 15 is 0 Å². The molecule has 0 saturated carbocycles.